The van der Waals surface area contributed by atoms with Crippen molar-refractivity contribution in [3.05, 3.63) is 46.9 Å². The lowest BCUT2D eigenvalue weighted by atomic mass is 10.2. The monoisotopic (exact) mass is 305 g/mol. The third kappa shape index (κ3) is 4.69. The van der Waals surface area contributed by atoms with Gasteiger partial charge in [-0.2, -0.15) is 0 Å². The SMILES string of the molecule is Cc1ncccc1Oc1cc(CNCC(C)C)c(Cl)cn1. The van der Waals surface area contributed by atoms with E-state index in [0.29, 0.717) is 29.1 Å². The first-order chi connectivity index (χ1) is 10.1. The molecule has 0 fully saturated rings. The molecule has 112 valence electrons. The van der Waals surface area contributed by atoms with Gasteiger partial charge in [0.25, 0.3) is 0 Å². The van der Waals surface area contributed by atoms with Crippen LogP contribution < -0.4 is 10.1 Å². The Labute approximate surface area is 130 Å². The fourth-order valence-corrected chi connectivity index (χ4v) is 2.01. The number of rotatable bonds is 6. The molecule has 0 radical (unpaired) electrons. The Balaban J connectivity index is 2.09. The van der Waals surface area contributed by atoms with Crippen LogP contribution in [0.5, 0.6) is 11.6 Å². The molecule has 0 aliphatic rings. The van der Waals surface area contributed by atoms with Crippen LogP contribution in [-0.2, 0) is 6.54 Å². The molecular weight excluding hydrogens is 286 g/mol. The highest BCUT2D eigenvalue weighted by Gasteiger charge is 2.07. The molecule has 0 aliphatic carbocycles. The lowest BCUT2D eigenvalue weighted by Crippen LogP contribution is -2.19. The molecule has 21 heavy (non-hydrogen) atoms. The van der Waals surface area contributed by atoms with Crippen LogP contribution in [0.4, 0.5) is 0 Å². The van der Waals surface area contributed by atoms with Gasteiger partial charge in [0.1, 0.15) is 0 Å². The maximum absolute atomic E-state index is 6.18. The maximum atomic E-state index is 6.18. The molecule has 2 rings (SSSR count). The molecule has 0 spiro atoms. The van der Waals surface area contributed by atoms with Gasteiger partial charge in [0.15, 0.2) is 5.75 Å². The summed E-state index contributed by atoms with van der Waals surface area (Å²) in [5, 5.41) is 4.00. The predicted octanol–water partition coefficient (Wildman–Crippen LogP) is 3.98. The van der Waals surface area contributed by atoms with Crippen molar-refractivity contribution in [2.24, 2.45) is 5.92 Å². The molecule has 0 aliphatic heterocycles. The van der Waals surface area contributed by atoms with Gasteiger partial charge >= 0.3 is 0 Å². The Hall–Kier alpha value is -1.65. The summed E-state index contributed by atoms with van der Waals surface area (Å²) in [5.41, 5.74) is 1.80. The molecule has 0 atom stereocenters. The highest BCUT2D eigenvalue weighted by molar-refractivity contribution is 6.31. The van der Waals surface area contributed by atoms with Crippen LogP contribution in [0.25, 0.3) is 0 Å². The highest BCUT2D eigenvalue weighted by atomic mass is 35.5. The van der Waals surface area contributed by atoms with Crippen molar-refractivity contribution >= 4 is 11.6 Å². The van der Waals surface area contributed by atoms with E-state index in [1.807, 2.05) is 25.1 Å². The smallest absolute Gasteiger partial charge is 0.219 e. The number of pyridine rings is 2. The van der Waals surface area contributed by atoms with Crippen molar-refractivity contribution in [3.63, 3.8) is 0 Å². The van der Waals surface area contributed by atoms with Crippen LogP contribution in [0.2, 0.25) is 5.02 Å². The molecule has 5 heteroatoms. The largest absolute Gasteiger partial charge is 0.437 e. The van der Waals surface area contributed by atoms with Crippen LogP contribution in [-0.4, -0.2) is 16.5 Å². The van der Waals surface area contributed by atoms with E-state index >= 15 is 0 Å². The topological polar surface area (TPSA) is 47.0 Å². The van der Waals surface area contributed by atoms with E-state index in [9.17, 15) is 0 Å². The first-order valence-corrected chi connectivity index (χ1v) is 7.38. The summed E-state index contributed by atoms with van der Waals surface area (Å²) in [4.78, 5) is 8.40. The summed E-state index contributed by atoms with van der Waals surface area (Å²) in [6.07, 6.45) is 3.35. The number of nitrogens with zero attached hydrogens (tertiary/aromatic N) is 2. The van der Waals surface area contributed by atoms with Gasteiger partial charge in [-0.3, -0.25) is 4.98 Å². The van der Waals surface area contributed by atoms with Crippen molar-refractivity contribution in [2.75, 3.05) is 6.54 Å². The molecule has 2 aromatic rings. The zero-order valence-electron chi connectivity index (χ0n) is 12.6. The normalized spacial score (nSPS) is 10.9. The molecule has 0 aromatic carbocycles. The average Bonchev–Trinajstić information content (AvgIpc) is 2.44. The molecule has 2 aromatic heterocycles. The van der Waals surface area contributed by atoms with Gasteiger partial charge in [-0.05, 0) is 37.1 Å². The number of hydrogen-bond donors (Lipinski definition) is 1. The van der Waals surface area contributed by atoms with Gasteiger partial charge in [0, 0.05) is 25.0 Å². The van der Waals surface area contributed by atoms with Crippen LogP contribution in [0.15, 0.2) is 30.6 Å². The van der Waals surface area contributed by atoms with E-state index in [1.54, 1.807) is 12.4 Å². The molecule has 2 heterocycles. The standard InChI is InChI=1S/C16H20ClN3O/c1-11(2)8-18-9-13-7-16(20-10-14(13)17)21-15-5-4-6-19-12(15)3/h4-7,10-11,18H,8-9H2,1-3H3. The summed E-state index contributed by atoms with van der Waals surface area (Å²) < 4.78 is 5.77. The minimum absolute atomic E-state index is 0.525. The van der Waals surface area contributed by atoms with Crippen molar-refractivity contribution in [1.29, 1.82) is 0 Å². The zero-order chi connectivity index (χ0) is 15.2. The summed E-state index contributed by atoms with van der Waals surface area (Å²) in [7, 11) is 0. The fraction of sp³-hybridized carbons (Fsp3) is 0.375. The number of hydrogen-bond acceptors (Lipinski definition) is 4. The van der Waals surface area contributed by atoms with Gasteiger partial charge in [-0.15, -0.1) is 0 Å². The minimum atomic E-state index is 0.525. The third-order valence-corrected chi connectivity index (χ3v) is 3.29. The summed E-state index contributed by atoms with van der Waals surface area (Å²) in [6.45, 7) is 7.87. The van der Waals surface area contributed by atoms with E-state index in [1.165, 1.54) is 0 Å². The van der Waals surface area contributed by atoms with E-state index < -0.39 is 0 Å². The van der Waals surface area contributed by atoms with Crippen molar-refractivity contribution in [2.45, 2.75) is 27.3 Å². The van der Waals surface area contributed by atoms with Gasteiger partial charge in [0.05, 0.1) is 10.7 Å². The lowest BCUT2D eigenvalue weighted by Gasteiger charge is -2.11. The molecular formula is C16H20ClN3O. The van der Waals surface area contributed by atoms with Gasteiger partial charge in [-0.25, -0.2) is 4.98 Å². The fourth-order valence-electron chi connectivity index (χ4n) is 1.84. The Bertz CT molecular complexity index is 602. The summed E-state index contributed by atoms with van der Waals surface area (Å²) >= 11 is 6.18. The second kappa shape index (κ2) is 7.38. The van der Waals surface area contributed by atoms with E-state index in [2.05, 4.69) is 29.1 Å². The average molecular weight is 306 g/mol. The summed E-state index contributed by atoms with van der Waals surface area (Å²) in [5.74, 6) is 1.82. The molecule has 1 N–H and O–H groups in total. The minimum Gasteiger partial charge on any atom is -0.437 e. The number of aromatic nitrogens is 2. The molecule has 0 bridgehead atoms. The van der Waals surface area contributed by atoms with Crippen molar-refractivity contribution in [3.8, 4) is 11.6 Å². The number of aryl methyl sites for hydroxylation is 1. The van der Waals surface area contributed by atoms with E-state index in [4.69, 9.17) is 16.3 Å². The van der Waals surface area contributed by atoms with Crippen molar-refractivity contribution < 1.29 is 4.74 Å². The molecule has 0 saturated carbocycles. The quantitative estimate of drug-likeness (QED) is 0.877. The molecule has 4 nitrogen and oxygen atoms in total. The molecule has 0 saturated heterocycles. The molecule has 0 amide bonds. The van der Waals surface area contributed by atoms with Gasteiger partial charge < -0.3 is 10.1 Å². The van der Waals surface area contributed by atoms with Crippen LogP contribution in [0.3, 0.4) is 0 Å². The van der Waals surface area contributed by atoms with Crippen LogP contribution in [0, 0.1) is 12.8 Å². The van der Waals surface area contributed by atoms with E-state index in [-0.39, 0.29) is 0 Å². The second-order valence-electron chi connectivity index (χ2n) is 5.33. The van der Waals surface area contributed by atoms with Crippen LogP contribution >= 0.6 is 11.6 Å². The highest BCUT2D eigenvalue weighted by Crippen LogP contribution is 2.25. The lowest BCUT2D eigenvalue weighted by molar-refractivity contribution is 0.455. The molecule has 0 unspecified atom stereocenters. The first kappa shape index (κ1) is 15.7. The van der Waals surface area contributed by atoms with Crippen LogP contribution in [0.1, 0.15) is 25.1 Å². The van der Waals surface area contributed by atoms with Gasteiger partial charge in [0.2, 0.25) is 5.88 Å². The predicted molar refractivity (Wildman–Crippen MR) is 84.8 cm³/mol. The Morgan fingerprint density at radius 2 is 2.14 bits per heavy atom. The Morgan fingerprint density at radius 3 is 2.86 bits per heavy atom. The number of nitrogens with one attached hydrogen (secondary N) is 1. The summed E-state index contributed by atoms with van der Waals surface area (Å²) in [6, 6.07) is 5.57. The number of ether oxygens (including phenoxy) is 1. The van der Waals surface area contributed by atoms with Crippen molar-refractivity contribution in [1.82, 2.24) is 15.3 Å². The Kier molecular flexibility index (Phi) is 5.53. The second-order valence-corrected chi connectivity index (χ2v) is 5.73. The zero-order valence-corrected chi connectivity index (χ0v) is 13.3. The van der Waals surface area contributed by atoms with Gasteiger partial charge in [-0.1, -0.05) is 25.4 Å². The third-order valence-electron chi connectivity index (χ3n) is 2.95. The Morgan fingerprint density at radius 1 is 1.33 bits per heavy atom. The van der Waals surface area contributed by atoms with E-state index in [0.717, 1.165) is 17.8 Å². The maximum Gasteiger partial charge on any atom is 0.219 e. The first-order valence-electron chi connectivity index (χ1n) is 7.01. The number of halogens is 1.